The molecule has 1 N–H and O–H groups in total. The molecule has 1 heterocycles. The molecule has 0 bridgehead atoms. The minimum atomic E-state index is -0.640. The smallest absolute Gasteiger partial charge is 0.295 e. The van der Waals surface area contributed by atoms with E-state index in [-0.39, 0.29) is 11.3 Å². The van der Waals surface area contributed by atoms with Crippen LogP contribution in [0.2, 0.25) is 0 Å². The van der Waals surface area contributed by atoms with E-state index in [4.69, 9.17) is 0 Å². The van der Waals surface area contributed by atoms with Gasteiger partial charge in [-0.25, -0.2) is 0 Å². The molecule has 0 spiro atoms. The van der Waals surface area contributed by atoms with E-state index in [1.54, 1.807) is 17.0 Å². The second-order valence-corrected chi connectivity index (χ2v) is 8.92. The lowest BCUT2D eigenvalue weighted by Crippen LogP contribution is -2.31. The van der Waals surface area contributed by atoms with Crippen LogP contribution < -0.4 is 0 Å². The Kier molecular flexibility index (Phi) is 6.45. The van der Waals surface area contributed by atoms with Crippen molar-refractivity contribution in [2.24, 2.45) is 0 Å². The van der Waals surface area contributed by atoms with Crippen molar-refractivity contribution in [1.82, 2.24) is 4.90 Å². The molecule has 0 radical (unpaired) electrons. The molecule has 4 nitrogen and oxygen atoms in total. The van der Waals surface area contributed by atoms with Crippen molar-refractivity contribution in [3.8, 4) is 0 Å². The quantitative estimate of drug-likeness (QED) is 0.301. The molecule has 4 heteroatoms. The third-order valence-electron chi connectivity index (χ3n) is 6.27. The Hall–Kier alpha value is -3.66. The van der Waals surface area contributed by atoms with Gasteiger partial charge in [-0.3, -0.25) is 9.59 Å². The van der Waals surface area contributed by atoms with Crippen molar-refractivity contribution in [3.05, 3.63) is 112 Å². The molecule has 0 aromatic heterocycles. The zero-order chi connectivity index (χ0) is 23.5. The van der Waals surface area contributed by atoms with Crippen molar-refractivity contribution < 1.29 is 14.7 Å². The van der Waals surface area contributed by atoms with Crippen LogP contribution in [0, 0.1) is 6.92 Å². The van der Waals surface area contributed by atoms with Gasteiger partial charge in [0, 0.05) is 12.1 Å². The summed E-state index contributed by atoms with van der Waals surface area (Å²) in [5.41, 5.74) is 4.82. The lowest BCUT2D eigenvalue weighted by atomic mass is 9.93. The predicted octanol–water partition coefficient (Wildman–Crippen LogP) is 5.78. The number of likely N-dealkylation sites (tertiary alicyclic amines) is 1. The van der Waals surface area contributed by atoms with E-state index in [0.29, 0.717) is 24.4 Å². The molecule has 1 amide bonds. The SMILES string of the molecule is Cc1ccc(C(O)=C2C(=O)C(=O)N(CCc3ccccc3)C2c2ccc(C(C)C)cc2)cc1. The van der Waals surface area contributed by atoms with Crippen LogP contribution in [0.5, 0.6) is 0 Å². The Morgan fingerprint density at radius 3 is 2.15 bits per heavy atom. The lowest BCUT2D eigenvalue weighted by molar-refractivity contribution is -0.139. The Morgan fingerprint density at radius 2 is 1.55 bits per heavy atom. The third kappa shape index (κ3) is 4.61. The van der Waals surface area contributed by atoms with E-state index in [1.165, 1.54) is 5.56 Å². The van der Waals surface area contributed by atoms with Crippen molar-refractivity contribution in [3.63, 3.8) is 0 Å². The van der Waals surface area contributed by atoms with E-state index in [0.717, 1.165) is 16.7 Å². The van der Waals surface area contributed by atoms with Gasteiger partial charge in [0.15, 0.2) is 0 Å². The molecule has 3 aromatic carbocycles. The van der Waals surface area contributed by atoms with Gasteiger partial charge in [0.05, 0.1) is 11.6 Å². The summed E-state index contributed by atoms with van der Waals surface area (Å²) in [7, 11) is 0. The number of amides is 1. The summed E-state index contributed by atoms with van der Waals surface area (Å²) in [6.07, 6.45) is 0.624. The zero-order valence-corrected chi connectivity index (χ0v) is 19.3. The first-order valence-electron chi connectivity index (χ1n) is 11.4. The molecule has 1 atom stereocenters. The van der Waals surface area contributed by atoms with Gasteiger partial charge in [0.2, 0.25) is 0 Å². The number of benzene rings is 3. The van der Waals surface area contributed by atoms with Crippen molar-refractivity contribution in [2.75, 3.05) is 6.54 Å². The third-order valence-corrected chi connectivity index (χ3v) is 6.27. The molecule has 0 saturated carbocycles. The predicted molar refractivity (Wildman–Crippen MR) is 131 cm³/mol. The first-order valence-corrected chi connectivity index (χ1v) is 11.4. The van der Waals surface area contributed by atoms with Crippen molar-refractivity contribution in [1.29, 1.82) is 0 Å². The molecule has 4 rings (SSSR count). The molecular weight excluding hydrogens is 410 g/mol. The van der Waals surface area contributed by atoms with Gasteiger partial charge in [0.1, 0.15) is 5.76 Å². The number of aliphatic hydroxyl groups is 1. The van der Waals surface area contributed by atoms with Crippen LogP contribution in [0.1, 0.15) is 53.6 Å². The summed E-state index contributed by atoms with van der Waals surface area (Å²) in [6, 6.07) is 24.6. The summed E-state index contributed by atoms with van der Waals surface area (Å²) in [4.78, 5) is 27.9. The number of carbonyl (C=O) groups is 2. The van der Waals surface area contributed by atoms with Gasteiger partial charge in [-0.1, -0.05) is 98.3 Å². The van der Waals surface area contributed by atoms with Crippen LogP contribution in [0.25, 0.3) is 5.76 Å². The Bertz CT molecular complexity index is 1180. The maximum atomic E-state index is 13.2. The first kappa shape index (κ1) is 22.5. The molecule has 1 fully saturated rings. The van der Waals surface area contributed by atoms with E-state index < -0.39 is 17.7 Å². The normalized spacial score (nSPS) is 17.7. The minimum absolute atomic E-state index is 0.131. The molecule has 3 aromatic rings. The standard InChI is InChI=1S/C29H29NO3/c1-19(2)22-13-15-23(16-14-22)26-25(27(31)24-11-9-20(3)10-12-24)28(32)29(33)30(26)18-17-21-7-5-4-6-8-21/h4-16,19,26,31H,17-18H2,1-3H3. The first-order chi connectivity index (χ1) is 15.9. The van der Waals surface area contributed by atoms with Crippen molar-refractivity contribution >= 4 is 17.4 Å². The second-order valence-electron chi connectivity index (χ2n) is 8.92. The van der Waals surface area contributed by atoms with Crippen molar-refractivity contribution in [2.45, 2.75) is 39.2 Å². The van der Waals surface area contributed by atoms with E-state index in [2.05, 4.69) is 13.8 Å². The fourth-order valence-corrected chi connectivity index (χ4v) is 4.28. The van der Waals surface area contributed by atoms with Crippen LogP contribution in [0.4, 0.5) is 0 Å². The average Bonchev–Trinajstić information content (AvgIpc) is 3.08. The number of aliphatic hydroxyl groups excluding tert-OH is 1. The molecular formula is C29H29NO3. The maximum absolute atomic E-state index is 13.2. The number of hydrogen-bond acceptors (Lipinski definition) is 3. The van der Waals surface area contributed by atoms with E-state index in [9.17, 15) is 14.7 Å². The van der Waals surface area contributed by atoms with Crippen LogP contribution in [0.15, 0.2) is 84.4 Å². The van der Waals surface area contributed by atoms with Gasteiger partial charge in [-0.05, 0) is 36.0 Å². The van der Waals surface area contributed by atoms with Crippen LogP contribution in [0.3, 0.4) is 0 Å². The summed E-state index contributed by atoms with van der Waals surface area (Å²) in [5.74, 6) is -0.971. The highest BCUT2D eigenvalue weighted by Gasteiger charge is 2.45. The van der Waals surface area contributed by atoms with Gasteiger partial charge in [0.25, 0.3) is 11.7 Å². The number of ketones is 1. The minimum Gasteiger partial charge on any atom is -0.507 e. The van der Waals surface area contributed by atoms with Gasteiger partial charge >= 0.3 is 0 Å². The highest BCUT2D eigenvalue weighted by atomic mass is 16.3. The lowest BCUT2D eigenvalue weighted by Gasteiger charge is -2.26. The number of aryl methyl sites for hydroxylation is 1. The maximum Gasteiger partial charge on any atom is 0.295 e. The summed E-state index contributed by atoms with van der Waals surface area (Å²) in [6.45, 7) is 6.59. The van der Waals surface area contributed by atoms with Gasteiger partial charge in [-0.2, -0.15) is 0 Å². The van der Waals surface area contributed by atoms with E-state index >= 15 is 0 Å². The highest BCUT2D eigenvalue weighted by molar-refractivity contribution is 6.46. The van der Waals surface area contributed by atoms with E-state index in [1.807, 2.05) is 73.7 Å². The molecule has 0 aliphatic carbocycles. The Balaban J connectivity index is 1.78. The van der Waals surface area contributed by atoms with Crippen LogP contribution >= 0.6 is 0 Å². The monoisotopic (exact) mass is 439 g/mol. The summed E-state index contributed by atoms with van der Waals surface area (Å²) >= 11 is 0. The summed E-state index contributed by atoms with van der Waals surface area (Å²) in [5, 5.41) is 11.2. The molecule has 1 aliphatic heterocycles. The Labute approximate surface area is 195 Å². The number of carbonyl (C=O) groups excluding carboxylic acids is 2. The zero-order valence-electron chi connectivity index (χ0n) is 19.3. The fourth-order valence-electron chi connectivity index (χ4n) is 4.28. The fraction of sp³-hybridized carbons (Fsp3) is 0.241. The van der Waals surface area contributed by atoms with Gasteiger partial charge < -0.3 is 10.0 Å². The molecule has 1 unspecified atom stereocenters. The molecule has 33 heavy (non-hydrogen) atoms. The largest absolute Gasteiger partial charge is 0.507 e. The number of nitrogens with zero attached hydrogens (tertiary/aromatic N) is 1. The Morgan fingerprint density at radius 1 is 0.909 bits per heavy atom. The van der Waals surface area contributed by atoms with Crippen LogP contribution in [-0.2, 0) is 16.0 Å². The van der Waals surface area contributed by atoms with Gasteiger partial charge in [-0.15, -0.1) is 0 Å². The molecule has 1 saturated heterocycles. The topological polar surface area (TPSA) is 57.6 Å². The average molecular weight is 440 g/mol. The number of hydrogen-bond donors (Lipinski definition) is 1. The second kappa shape index (κ2) is 9.45. The highest BCUT2D eigenvalue weighted by Crippen LogP contribution is 2.39. The number of rotatable bonds is 6. The summed E-state index contributed by atoms with van der Waals surface area (Å²) < 4.78 is 0. The van der Waals surface area contributed by atoms with Crippen LogP contribution in [-0.4, -0.2) is 28.2 Å². The number of Topliss-reactive ketones (excluding diaryl/α,β-unsaturated/α-hetero) is 1. The molecule has 1 aliphatic rings. The molecule has 168 valence electrons.